The largest absolute Gasteiger partial charge is 0.462 e. The lowest BCUT2D eigenvalue weighted by Crippen LogP contribution is -2.28. The van der Waals surface area contributed by atoms with E-state index in [9.17, 15) is 18.8 Å². The van der Waals surface area contributed by atoms with Crippen LogP contribution in [0.3, 0.4) is 0 Å². The van der Waals surface area contributed by atoms with Crippen LogP contribution in [0, 0.1) is 5.82 Å². The number of anilines is 1. The SMILES string of the molecule is CCOC(=O)c1ccccc1NC(=O)Cn1cnc2c(sc3cccc(F)c32)c1=O. The average molecular weight is 425 g/mol. The van der Waals surface area contributed by atoms with Crippen LogP contribution >= 0.6 is 11.3 Å². The molecule has 0 aliphatic rings. The van der Waals surface area contributed by atoms with Crippen LogP contribution in [0.5, 0.6) is 0 Å². The van der Waals surface area contributed by atoms with Crippen molar-refractivity contribution in [1.29, 1.82) is 0 Å². The molecule has 0 atom stereocenters. The number of thiophene rings is 1. The number of nitrogens with zero attached hydrogens (tertiary/aromatic N) is 2. The smallest absolute Gasteiger partial charge is 0.340 e. The molecule has 2 aromatic carbocycles. The third kappa shape index (κ3) is 3.55. The highest BCUT2D eigenvalue weighted by Gasteiger charge is 2.17. The summed E-state index contributed by atoms with van der Waals surface area (Å²) in [6.45, 7) is 1.59. The molecule has 2 aromatic heterocycles. The highest BCUT2D eigenvalue weighted by Crippen LogP contribution is 2.31. The van der Waals surface area contributed by atoms with Crippen LogP contribution in [0.25, 0.3) is 20.3 Å². The second kappa shape index (κ2) is 8.03. The Kier molecular flexibility index (Phi) is 5.28. The standard InChI is InChI=1S/C21H16FN3O4S/c1-2-29-21(28)12-6-3-4-8-14(12)24-16(26)10-25-11-23-18-17-13(22)7-5-9-15(17)30-19(18)20(25)27/h3-9,11H,2,10H2,1H3,(H,24,26). The van der Waals surface area contributed by atoms with Crippen LogP contribution in [0.4, 0.5) is 10.1 Å². The maximum Gasteiger partial charge on any atom is 0.340 e. The number of halogens is 1. The quantitative estimate of drug-likeness (QED) is 0.494. The number of hydrogen-bond acceptors (Lipinski definition) is 6. The van der Waals surface area contributed by atoms with E-state index in [4.69, 9.17) is 4.74 Å². The molecule has 152 valence electrons. The highest BCUT2D eigenvalue weighted by molar-refractivity contribution is 7.25. The Hall–Kier alpha value is -3.59. The molecule has 4 rings (SSSR count). The zero-order chi connectivity index (χ0) is 21.3. The van der Waals surface area contributed by atoms with Crippen molar-refractivity contribution in [2.24, 2.45) is 0 Å². The Morgan fingerprint density at radius 3 is 2.80 bits per heavy atom. The van der Waals surface area contributed by atoms with Crippen molar-refractivity contribution in [1.82, 2.24) is 9.55 Å². The van der Waals surface area contributed by atoms with E-state index in [0.29, 0.717) is 10.1 Å². The summed E-state index contributed by atoms with van der Waals surface area (Å²) in [4.78, 5) is 41.6. The number of carbonyl (C=O) groups excluding carboxylic acids is 2. The van der Waals surface area contributed by atoms with E-state index in [1.54, 1.807) is 43.3 Å². The minimum Gasteiger partial charge on any atom is -0.462 e. The molecule has 0 fully saturated rings. The van der Waals surface area contributed by atoms with E-state index in [2.05, 4.69) is 10.3 Å². The fraction of sp³-hybridized carbons (Fsp3) is 0.143. The van der Waals surface area contributed by atoms with Crippen LogP contribution < -0.4 is 10.9 Å². The monoisotopic (exact) mass is 425 g/mol. The lowest BCUT2D eigenvalue weighted by Gasteiger charge is -2.11. The van der Waals surface area contributed by atoms with Gasteiger partial charge in [-0.05, 0) is 31.2 Å². The van der Waals surface area contributed by atoms with Crippen LogP contribution in [0.1, 0.15) is 17.3 Å². The number of carbonyl (C=O) groups is 2. The van der Waals surface area contributed by atoms with Gasteiger partial charge in [-0.1, -0.05) is 18.2 Å². The summed E-state index contributed by atoms with van der Waals surface area (Å²) in [7, 11) is 0. The number of benzene rings is 2. The first kappa shape index (κ1) is 19.7. The maximum atomic E-state index is 14.1. The second-order valence-corrected chi connectivity index (χ2v) is 7.44. The van der Waals surface area contributed by atoms with Gasteiger partial charge < -0.3 is 10.1 Å². The average Bonchev–Trinajstić information content (AvgIpc) is 3.11. The van der Waals surface area contributed by atoms with Gasteiger partial charge >= 0.3 is 5.97 Å². The van der Waals surface area contributed by atoms with E-state index in [-0.39, 0.29) is 34.6 Å². The Morgan fingerprint density at radius 1 is 1.20 bits per heavy atom. The number of para-hydroxylation sites is 1. The number of ether oxygens (including phenoxy) is 1. The van der Waals surface area contributed by atoms with Gasteiger partial charge in [-0.3, -0.25) is 14.2 Å². The summed E-state index contributed by atoms with van der Waals surface area (Å²) >= 11 is 1.13. The normalized spacial score (nSPS) is 11.0. The fourth-order valence-corrected chi connectivity index (χ4v) is 4.22. The molecule has 0 aliphatic heterocycles. The molecule has 0 unspecified atom stereocenters. The van der Waals surface area contributed by atoms with Gasteiger partial charge in [0.05, 0.1) is 35.1 Å². The highest BCUT2D eigenvalue weighted by atomic mass is 32.1. The Balaban J connectivity index is 1.62. The minimum absolute atomic E-state index is 0.206. The summed E-state index contributed by atoms with van der Waals surface area (Å²) in [5, 5.41) is 2.93. The number of fused-ring (bicyclic) bond motifs is 3. The first-order valence-corrected chi connectivity index (χ1v) is 9.93. The number of rotatable bonds is 5. The molecule has 7 nitrogen and oxygen atoms in total. The zero-order valence-electron chi connectivity index (χ0n) is 15.8. The molecule has 30 heavy (non-hydrogen) atoms. The molecular weight excluding hydrogens is 409 g/mol. The van der Waals surface area contributed by atoms with Crippen molar-refractivity contribution < 1.29 is 18.7 Å². The van der Waals surface area contributed by atoms with E-state index in [0.717, 1.165) is 15.9 Å². The number of amides is 1. The summed E-state index contributed by atoms with van der Waals surface area (Å²) < 4.78 is 21.2. The van der Waals surface area contributed by atoms with Crippen molar-refractivity contribution in [2.45, 2.75) is 13.5 Å². The molecule has 0 spiro atoms. The van der Waals surface area contributed by atoms with Gasteiger partial charge in [0.2, 0.25) is 5.91 Å². The van der Waals surface area contributed by atoms with Crippen molar-refractivity contribution in [3.8, 4) is 0 Å². The maximum absolute atomic E-state index is 14.1. The zero-order valence-corrected chi connectivity index (χ0v) is 16.7. The third-order valence-corrected chi connectivity index (χ3v) is 5.56. The molecule has 0 bridgehead atoms. The fourth-order valence-electron chi connectivity index (χ4n) is 3.11. The van der Waals surface area contributed by atoms with Gasteiger partial charge in [0.15, 0.2) is 0 Å². The number of nitrogens with one attached hydrogen (secondary N) is 1. The molecule has 0 saturated heterocycles. The number of hydrogen-bond donors (Lipinski definition) is 1. The summed E-state index contributed by atoms with van der Waals surface area (Å²) in [6, 6.07) is 11.0. The van der Waals surface area contributed by atoms with Crippen LogP contribution in [-0.4, -0.2) is 28.0 Å². The van der Waals surface area contributed by atoms with Gasteiger partial charge in [0, 0.05) is 4.70 Å². The Labute approximate surface area is 173 Å². The molecule has 0 aliphatic carbocycles. The van der Waals surface area contributed by atoms with Crippen LogP contribution in [-0.2, 0) is 16.1 Å². The van der Waals surface area contributed by atoms with Crippen molar-refractivity contribution in [3.05, 3.63) is 70.5 Å². The minimum atomic E-state index is -0.555. The lowest BCUT2D eigenvalue weighted by atomic mass is 10.2. The molecule has 2 heterocycles. The predicted octanol–water partition coefficient (Wildman–Crippen LogP) is 3.57. The summed E-state index contributed by atoms with van der Waals surface area (Å²) in [5.74, 6) is -1.51. The van der Waals surface area contributed by atoms with E-state index in [1.807, 2.05) is 0 Å². The lowest BCUT2D eigenvalue weighted by molar-refractivity contribution is -0.116. The van der Waals surface area contributed by atoms with Gasteiger partial charge in [0.1, 0.15) is 17.1 Å². The topological polar surface area (TPSA) is 90.3 Å². The predicted molar refractivity (Wildman–Crippen MR) is 112 cm³/mol. The molecule has 1 amide bonds. The third-order valence-electron chi connectivity index (χ3n) is 4.43. The van der Waals surface area contributed by atoms with Crippen molar-refractivity contribution in [2.75, 3.05) is 11.9 Å². The molecule has 1 N–H and O–H groups in total. The van der Waals surface area contributed by atoms with E-state index in [1.165, 1.54) is 12.4 Å². The Morgan fingerprint density at radius 2 is 2.00 bits per heavy atom. The Bertz CT molecular complexity index is 1350. The van der Waals surface area contributed by atoms with Crippen molar-refractivity contribution in [3.63, 3.8) is 0 Å². The van der Waals surface area contributed by atoms with Crippen LogP contribution in [0.15, 0.2) is 53.6 Å². The number of esters is 1. The molecule has 0 radical (unpaired) electrons. The first-order chi connectivity index (χ1) is 14.5. The number of aromatic nitrogens is 2. The molecule has 0 saturated carbocycles. The molecular formula is C21H16FN3O4S. The van der Waals surface area contributed by atoms with E-state index < -0.39 is 23.3 Å². The van der Waals surface area contributed by atoms with Crippen molar-refractivity contribution >= 4 is 49.2 Å². The van der Waals surface area contributed by atoms with Crippen LogP contribution in [0.2, 0.25) is 0 Å². The van der Waals surface area contributed by atoms with Gasteiger partial charge in [-0.25, -0.2) is 14.2 Å². The van der Waals surface area contributed by atoms with Gasteiger partial charge in [0.25, 0.3) is 5.56 Å². The first-order valence-electron chi connectivity index (χ1n) is 9.11. The summed E-state index contributed by atoms with van der Waals surface area (Å²) in [5.41, 5.74) is 0.345. The second-order valence-electron chi connectivity index (χ2n) is 6.38. The molecule has 9 heteroatoms. The summed E-state index contributed by atoms with van der Waals surface area (Å²) in [6.07, 6.45) is 1.22. The van der Waals surface area contributed by atoms with Gasteiger partial charge in [-0.15, -0.1) is 11.3 Å². The van der Waals surface area contributed by atoms with Gasteiger partial charge in [-0.2, -0.15) is 0 Å². The molecule has 4 aromatic rings. The van der Waals surface area contributed by atoms with E-state index >= 15 is 0 Å².